The van der Waals surface area contributed by atoms with Gasteiger partial charge in [-0.05, 0) is 43.2 Å². The molecular formula is C15H21FN2O2. The molecule has 0 heterocycles. The van der Waals surface area contributed by atoms with Gasteiger partial charge in [-0.25, -0.2) is 4.39 Å². The number of hydrogen-bond acceptors (Lipinski definition) is 3. The van der Waals surface area contributed by atoms with Crippen LogP contribution in [-0.4, -0.2) is 11.5 Å². The van der Waals surface area contributed by atoms with Crippen LogP contribution in [0.1, 0.15) is 38.2 Å². The van der Waals surface area contributed by atoms with Crippen LogP contribution in [0.2, 0.25) is 0 Å². The molecule has 2 atom stereocenters. The first-order valence-corrected chi connectivity index (χ1v) is 7.15. The molecule has 1 aliphatic rings. The first-order chi connectivity index (χ1) is 9.47. The molecule has 5 heteroatoms. The topological polar surface area (TPSA) is 55.2 Å². The second-order valence-corrected chi connectivity index (χ2v) is 5.89. The minimum atomic E-state index is -0.534. The lowest BCUT2D eigenvalue weighted by Crippen LogP contribution is -2.21. The minimum absolute atomic E-state index is 0.183. The van der Waals surface area contributed by atoms with Crippen LogP contribution in [0.5, 0.6) is 0 Å². The SMILES string of the molecule is Cc1cc(NCC2CCCC(C)C2)c([N+](=O)[O-])cc1F. The van der Waals surface area contributed by atoms with Gasteiger partial charge in [0.2, 0.25) is 0 Å². The molecule has 0 saturated heterocycles. The highest BCUT2D eigenvalue weighted by molar-refractivity contribution is 5.63. The number of rotatable bonds is 4. The molecule has 1 saturated carbocycles. The molecule has 0 bridgehead atoms. The largest absolute Gasteiger partial charge is 0.379 e. The van der Waals surface area contributed by atoms with E-state index >= 15 is 0 Å². The predicted molar refractivity (Wildman–Crippen MR) is 77.4 cm³/mol. The van der Waals surface area contributed by atoms with Gasteiger partial charge in [-0.2, -0.15) is 0 Å². The Balaban J connectivity index is 2.08. The van der Waals surface area contributed by atoms with E-state index in [2.05, 4.69) is 12.2 Å². The molecule has 1 aromatic rings. The second kappa shape index (κ2) is 6.20. The van der Waals surface area contributed by atoms with Gasteiger partial charge in [0.15, 0.2) is 0 Å². The highest BCUT2D eigenvalue weighted by atomic mass is 19.1. The molecule has 1 N–H and O–H groups in total. The fraction of sp³-hybridized carbons (Fsp3) is 0.600. The number of nitrogens with one attached hydrogen (secondary N) is 1. The fourth-order valence-electron chi connectivity index (χ4n) is 2.96. The number of nitro groups is 1. The zero-order chi connectivity index (χ0) is 14.7. The van der Waals surface area contributed by atoms with Crippen LogP contribution in [0, 0.1) is 34.7 Å². The Morgan fingerprint density at radius 3 is 2.85 bits per heavy atom. The van der Waals surface area contributed by atoms with Gasteiger partial charge < -0.3 is 5.32 Å². The molecule has 1 aliphatic carbocycles. The van der Waals surface area contributed by atoms with Crippen molar-refractivity contribution < 1.29 is 9.31 Å². The highest BCUT2D eigenvalue weighted by Crippen LogP contribution is 2.31. The Morgan fingerprint density at radius 2 is 2.20 bits per heavy atom. The quantitative estimate of drug-likeness (QED) is 0.661. The van der Waals surface area contributed by atoms with Crippen LogP contribution in [0.4, 0.5) is 15.8 Å². The Morgan fingerprint density at radius 1 is 1.45 bits per heavy atom. The fourth-order valence-corrected chi connectivity index (χ4v) is 2.96. The molecule has 2 unspecified atom stereocenters. The number of nitro benzene ring substituents is 1. The van der Waals surface area contributed by atoms with E-state index in [0.717, 1.165) is 31.4 Å². The van der Waals surface area contributed by atoms with Crippen molar-refractivity contribution in [3.63, 3.8) is 0 Å². The van der Waals surface area contributed by atoms with Gasteiger partial charge in [0.1, 0.15) is 11.5 Å². The summed E-state index contributed by atoms with van der Waals surface area (Å²) in [5.74, 6) is 0.734. The molecule has 2 rings (SSSR count). The number of aryl methyl sites for hydroxylation is 1. The van der Waals surface area contributed by atoms with Crippen molar-refractivity contribution in [3.05, 3.63) is 33.6 Å². The zero-order valence-electron chi connectivity index (χ0n) is 12.0. The Bertz CT molecular complexity index is 505. The summed E-state index contributed by atoms with van der Waals surface area (Å²) in [7, 11) is 0. The molecule has 4 nitrogen and oxygen atoms in total. The van der Waals surface area contributed by atoms with E-state index in [-0.39, 0.29) is 5.69 Å². The third kappa shape index (κ3) is 3.46. The molecule has 0 spiro atoms. The summed E-state index contributed by atoms with van der Waals surface area (Å²) in [5.41, 5.74) is 0.666. The standard InChI is InChI=1S/C15H21FN2O2/c1-10-4-3-5-12(6-10)9-17-14-7-11(2)13(16)8-15(14)18(19)20/h7-8,10,12,17H,3-6,9H2,1-2H3. The lowest BCUT2D eigenvalue weighted by Gasteiger charge is -2.27. The molecule has 1 fully saturated rings. The smallest absolute Gasteiger partial charge is 0.295 e. The van der Waals surface area contributed by atoms with E-state index in [4.69, 9.17) is 0 Å². The first kappa shape index (κ1) is 14.8. The first-order valence-electron chi connectivity index (χ1n) is 7.15. The number of anilines is 1. The Labute approximate surface area is 118 Å². The average molecular weight is 280 g/mol. The van der Waals surface area contributed by atoms with Crippen LogP contribution in [0.15, 0.2) is 12.1 Å². The van der Waals surface area contributed by atoms with Gasteiger partial charge in [-0.3, -0.25) is 10.1 Å². The number of nitrogens with zero attached hydrogens (tertiary/aromatic N) is 1. The molecule has 20 heavy (non-hydrogen) atoms. The average Bonchev–Trinajstić information content (AvgIpc) is 2.39. The van der Waals surface area contributed by atoms with Gasteiger partial charge >= 0.3 is 0 Å². The molecule has 0 amide bonds. The lowest BCUT2D eigenvalue weighted by molar-refractivity contribution is -0.384. The summed E-state index contributed by atoms with van der Waals surface area (Å²) in [4.78, 5) is 10.5. The van der Waals surface area contributed by atoms with Crippen molar-refractivity contribution in [2.45, 2.75) is 39.5 Å². The summed E-state index contributed by atoms with van der Waals surface area (Å²) in [6.45, 7) is 4.58. The summed E-state index contributed by atoms with van der Waals surface area (Å²) >= 11 is 0. The van der Waals surface area contributed by atoms with Crippen molar-refractivity contribution in [2.24, 2.45) is 11.8 Å². The molecule has 110 valence electrons. The van der Waals surface area contributed by atoms with Crippen LogP contribution in [-0.2, 0) is 0 Å². The van der Waals surface area contributed by atoms with Gasteiger partial charge in [0.05, 0.1) is 11.0 Å². The van der Waals surface area contributed by atoms with E-state index in [1.165, 1.54) is 18.9 Å². The zero-order valence-corrected chi connectivity index (χ0v) is 12.0. The monoisotopic (exact) mass is 280 g/mol. The molecule has 0 aliphatic heterocycles. The van der Waals surface area contributed by atoms with Crippen LogP contribution in [0.25, 0.3) is 0 Å². The van der Waals surface area contributed by atoms with Crippen molar-refractivity contribution in [3.8, 4) is 0 Å². The third-order valence-electron chi connectivity index (χ3n) is 4.10. The van der Waals surface area contributed by atoms with E-state index in [1.54, 1.807) is 6.92 Å². The summed E-state index contributed by atoms with van der Waals surface area (Å²) < 4.78 is 13.4. The van der Waals surface area contributed by atoms with E-state index in [9.17, 15) is 14.5 Å². The van der Waals surface area contributed by atoms with Gasteiger partial charge in [-0.15, -0.1) is 0 Å². The van der Waals surface area contributed by atoms with Gasteiger partial charge in [0.25, 0.3) is 5.69 Å². The summed E-state index contributed by atoms with van der Waals surface area (Å²) in [5, 5.41) is 14.1. The number of benzene rings is 1. The maximum Gasteiger partial charge on any atom is 0.295 e. The van der Waals surface area contributed by atoms with Crippen molar-refractivity contribution >= 4 is 11.4 Å². The van der Waals surface area contributed by atoms with Crippen molar-refractivity contribution in [1.82, 2.24) is 0 Å². The van der Waals surface area contributed by atoms with E-state index in [1.807, 2.05) is 0 Å². The van der Waals surface area contributed by atoms with Crippen LogP contribution >= 0.6 is 0 Å². The number of halogens is 1. The second-order valence-electron chi connectivity index (χ2n) is 5.89. The Kier molecular flexibility index (Phi) is 4.57. The third-order valence-corrected chi connectivity index (χ3v) is 4.10. The van der Waals surface area contributed by atoms with E-state index < -0.39 is 10.7 Å². The molecule has 1 aromatic carbocycles. The van der Waals surface area contributed by atoms with Crippen LogP contribution < -0.4 is 5.32 Å². The Hall–Kier alpha value is -1.65. The summed E-state index contributed by atoms with van der Waals surface area (Å²) in [6.07, 6.45) is 4.80. The highest BCUT2D eigenvalue weighted by Gasteiger charge is 2.21. The van der Waals surface area contributed by atoms with Gasteiger partial charge in [0, 0.05) is 6.54 Å². The van der Waals surface area contributed by atoms with Crippen LogP contribution in [0.3, 0.4) is 0 Å². The van der Waals surface area contributed by atoms with Gasteiger partial charge in [-0.1, -0.05) is 19.8 Å². The normalized spacial score (nSPS) is 22.6. The molecule has 0 radical (unpaired) electrons. The predicted octanol–water partition coefficient (Wildman–Crippen LogP) is 4.28. The van der Waals surface area contributed by atoms with Crippen molar-refractivity contribution in [2.75, 3.05) is 11.9 Å². The maximum absolute atomic E-state index is 13.4. The minimum Gasteiger partial charge on any atom is -0.379 e. The van der Waals surface area contributed by atoms with E-state index in [0.29, 0.717) is 17.2 Å². The lowest BCUT2D eigenvalue weighted by atomic mass is 9.82. The maximum atomic E-state index is 13.4. The molecule has 0 aromatic heterocycles. The van der Waals surface area contributed by atoms with Crippen molar-refractivity contribution in [1.29, 1.82) is 0 Å². The number of hydrogen-bond donors (Lipinski definition) is 1. The summed E-state index contributed by atoms with van der Waals surface area (Å²) in [6, 6.07) is 2.53. The molecular weight excluding hydrogens is 259 g/mol.